The Labute approximate surface area is 329 Å². The maximum absolute atomic E-state index is 15.0. The number of hydrogen-bond acceptors (Lipinski definition) is 14. The van der Waals surface area contributed by atoms with E-state index >= 15 is 4.79 Å². The van der Waals surface area contributed by atoms with Crippen molar-refractivity contribution in [2.24, 2.45) is 39.4 Å². The zero-order valence-corrected chi connectivity index (χ0v) is 34.1. The van der Waals surface area contributed by atoms with Crippen LogP contribution in [0.3, 0.4) is 0 Å². The molecule has 14 heteroatoms. The molecule has 7 rings (SSSR count). The van der Waals surface area contributed by atoms with E-state index in [4.69, 9.17) is 23.7 Å². The number of aliphatic hydroxyl groups is 7. The van der Waals surface area contributed by atoms with Gasteiger partial charge in [-0.2, -0.15) is 0 Å². The van der Waals surface area contributed by atoms with Gasteiger partial charge in [-0.15, -0.1) is 0 Å². The van der Waals surface area contributed by atoms with Gasteiger partial charge in [0, 0.05) is 29.6 Å². The van der Waals surface area contributed by atoms with E-state index in [1.165, 1.54) is 6.92 Å². The Kier molecular flexibility index (Phi) is 10.8. The van der Waals surface area contributed by atoms with Gasteiger partial charge in [0.2, 0.25) is 0 Å². The number of aliphatic hydroxyl groups excluding tert-OH is 6. The van der Waals surface area contributed by atoms with Crippen LogP contribution in [0.1, 0.15) is 94.4 Å². The molecular weight excluding hydrogens is 728 g/mol. The lowest BCUT2D eigenvalue weighted by molar-refractivity contribution is -0.368. The topological polar surface area (TPSA) is 222 Å². The van der Waals surface area contributed by atoms with Crippen molar-refractivity contribution in [3.8, 4) is 0 Å². The highest BCUT2D eigenvalue weighted by Gasteiger charge is 2.75. The van der Waals surface area contributed by atoms with Crippen LogP contribution in [0.25, 0.3) is 0 Å². The van der Waals surface area contributed by atoms with Crippen molar-refractivity contribution < 1.29 is 69.0 Å². The van der Waals surface area contributed by atoms with E-state index in [1.807, 2.05) is 41.5 Å². The van der Waals surface area contributed by atoms with E-state index < -0.39 is 107 Å². The number of ketones is 2. The number of rotatable bonds is 6. The smallest absolute Gasteiger partial charge is 0.187 e. The Hall–Kier alpha value is -1.66. The van der Waals surface area contributed by atoms with Crippen molar-refractivity contribution in [2.75, 3.05) is 6.61 Å². The minimum atomic E-state index is -1.75. The maximum Gasteiger partial charge on any atom is 0.187 e. The third-order valence-electron chi connectivity index (χ3n) is 15.7. The summed E-state index contributed by atoms with van der Waals surface area (Å²) >= 11 is 0. The fraction of sp³-hybridized carbons (Fsp3) is 0.857. The average molecular weight is 793 g/mol. The molecule has 0 amide bonds. The first kappa shape index (κ1) is 42.5. The normalized spacial score (nSPS) is 54.0. The summed E-state index contributed by atoms with van der Waals surface area (Å²) in [6, 6.07) is 0. The van der Waals surface area contributed by atoms with E-state index in [0.29, 0.717) is 19.3 Å². The van der Waals surface area contributed by atoms with E-state index in [0.717, 1.165) is 11.1 Å². The Balaban J connectivity index is 1.21. The van der Waals surface area contributed by atoms with Gasteiger partial charge in [-0.25, -0.2) is 0 Å². The molecule has 7 aliphatic rings. The highest BCUT2D eigenvalue weighted by Crippen LogP contribution is 2.75. The molecule has 3 heterocycles. The average Bonchev–Trinajstić information content (AvgIpc) is 3.34. The molecule has 0 aromatic rings. The maximum atomic E-state index is 15.0. The van der Waals surface area contributed by atoms with Crippen molar-refractivity contribution in [1.82, 2.24) is 0 Å². The van der Waals surface area contributed by atoms with Crippen LogP contribution in [0.15, 0.2) is 23.3 Å². The molecule has 0 aromatic carbocycles. The van der Waals surface area contributed by atoms with Crippen molar-refractivity contribution in [2.45, 2.75) is 180 Å². The van der Waals surface area contributed by atoms with Crippen LogP contribution in [0.4, 0.5) is 0 Å². The molecule has 20 unspecified atom stereocenters. The molecule has 0 spiro atoms. The number of allylic oxidation sites excluding steroid dienone is 3. The molecule has 6 fully saturated rings. The summed E-state index contributed by atoms with van der Waals surface area (Å²) in [5.41, 5.74) is -2.07. The Morgan fingerprint density at radius 2 is 1.54 bits per heavy atom. The lowest BCUT2D eigenvalue weighted by Gasteiger charge is -2.65. The van der Waals surface area contributed by atoms with E-state index in [-0.39, 0.29) is 48.5 Å². The van der Waals surface area contributed by atoms with Crippen molar-refractivity contribution in [3.05, 3.63) is 23.3 Å². The Morgan fingerprint density at radius 3 is 2.18 bits per heavy atom. The number of hydrogen-bond donors (Lipinski definition) is 7. The highest BCUT2D eigenvalue weighted by atomic mass is 16.8. The Morgan fingerprint density at radius 1 is 0.857 bits per heavy atom. The van der Waals surface area contributed by atoms with Crippen LogP contribution < -0.4 is 0 Å². The number of ether oxygens (including phenoxy) is 5. The monoisotopic (exact) mass is 792 g/mol. The molecule has 20 atom stereocenters. The first-order valence-corrected chi connectivity index (χ1v) is 20.4. The van der Waals surface area contributed by atoms with Crippen LogP contribution in [0, 0.1) is 39.4 Å². The number of Topliss-reactive ketones (excluding diaryl/α,β-unsaturated/α-hetero) is 2. The molecule has 3 saturated carbocycles. The molecule has 14 nitrogen and oxygen atoms in total. The minimum Gasteiger partial charge on any atom is -0.394 e. The van der Waals surface area contributed by atoms with Gasteiger partial charge in [0.15, 0.2) is 18.4 Å². The van der Waals surface area contributed by atoms with Gasteiger partial charge in [-0.3, -0.25) is 9.59 Å². The van der Waals surface area contributed by atoms with Crippen LogP contribution in [0.2, 0.25) is 0 Å². The minimum absolute atomic E-state index is 0.0668. The summed E-state index contributed by atoms with van der Waals surface area (Å²) in [6.45, 7) is 16.7. The van der Waals surface area contributed by atoms with Gasteiger partial charge in [-0.1, -0.05) is 44.1 Å². The summed E-state index contributed by atoms with van der Waals surface area (Å²) in [5, 5.41) is 75.7. The van der Waals surface area contributed by atoms with E-state index in [1.54, 1.807) is 0 Å². The van der Waals surface area contributed by atoms with Gasteiger partial charge >= 0.3 is 0 Å². The molecular formula is C42H64O14. The quantitative estimate of drug-likeness (QED) is 0.190. The summed E-state index contributed by atoms with van der Waals surface area (Å²) in [7, 11) is 0. The molecule has 0 aromatic heterocycles. The molecule has 7 N–H and O–H groups in total. The largest absolute Gasteiger partial charge is 0.394 e. The second-order valence-corrected chi connectivity index (χ2v) is 19.8. The third-order valence-corrected chi connectivity index (χ3v) is 15.7. The SMILES string of the molecule is CC(C)=CC1CC(C)(O)C2C(CC3(C)C4CC=C5C(CC(OC6OC(CO)C(O)C(O)C6OC6OC(C)C(O)C(O)C6O)C(=O)C5(C)C)C4(C)C(=O)CC23C)O1. The molecule has 3 saturated heterocycles. The van der Waals surface area contributed by atoms with Crippen molar-refractivity contribution in [3.63, 3.8) is 0 Å². The zero-order chi connectivity index (χ0) is 41.2. The molecule has 3 aliphatic heterocycles. The van der Waals surface area contributed by atoms with E-state index in [2.05, 4.69) is 26.0 Å². The molecule has 4 aliphatic carbocycles. The standard InChI is InChI=1S/C42H64O14/c1-18(2)12-20-14-41(8,51)34-24(53-20)15-39(6)26-11-10-21-22(42(26,9)27(44)16-40(34,39)7)13-23(35(50)38(21,4)5)54-37-33(31(48)29(46)25(17-43)55-37)56-36-32(49)30(47)28(45)19(3)52-36/h10,12,19-20,22-26,28-34,36-37,43,45-49,51H,11,13-17H2,1-9H3. The zero-order valence-electron chi connectivity index (χ0n) is 34.1. The van der Waals surface area contributed by atoms with Crippen molar-refractivity contribution in [1.29, 1.82) is 0 Å². The van der Waals surface area contributed by atoms with Gasteiger partial charge in [0.05, 0.1) is 30.5 Å². The fourth-order valence-electron chi connectivity index (χ4n) is 12.7. The van der Waals surface area contributed by atoms with Gasteiger partial charge in [-0.05, 0) is 83.5 Å². The number of fused-ring (bicyclic) bond motifs is 7. The summed E-state index contributed by atoms with van der Waals surface area (Å²) in [5.74, 6) is -1.06. The predicted octanol–water partition coefficient (Wildman–Crippen LogP) is 1.47. The molecule has 316 valence electrons. The van der Waals surface area contributed by atoms with Crippen LogP contribution in [-0.2, 0) is 33.3 Å². The highest BCUT2D eigenvalue weighted by molar-refractivity contribution is 5.95. The van der Waals surface area contributed by atoms with E-state index in [9.17, 15) is 40.5 Å². The first-order valence-electron chi connectivity index (χ1n) is 20.4. The Bertz CT molecular complexity index is 1620. The lowest BCUT2D eigenvalue weighted by atomic mass is 9.38. The van der Waals surface area contributed by atoms with Crippen LogP contribution in [-0.4, -0.2) is 139 Å². The molecule has 0 radical (unpaired) electrons. The summed E-state index contributed by atoms with van der Waals surface area (Å²) in [6.07, 6.45) is -10.7. The second-order valence-electron chi connectivity index (χ2n) is 19.8. The molecule has 56 heavy (non-hydrogen) atoms. The van der Waals surface area contributed by atoms with Gasteiger partial charge in [0.1, 0.15) is 54.6 Å². The number of carbonyl (C=O) groups excluding carboxylic acids is 2. The number of carbonyl (C=O) groups is 2. The summed E-state index contributed by atoms with van der Waals surface area (Å²) < 4.78 is 30.7. The van der Waals surface area contributed by atoms with Crippen molar-refractivity contribution >= 4 is 11.6 Å². The predicted molar refractivity (Wildman–Crippen MR) is 198 cm³/mol. The lowest BCUT2D eigenvalue weighted by Crippen LogP contribution is -2.66. The second kappa shape index (κ2) is 14.2. The van der Waals surface area contributed by atoms with Crippen LogP contribution >= 0.6 is 0 Å². The molecule has 0 bridgehead atoms. The summed E-state index contributed by atoms with van der Waals surface area (Å²) in [4.78, 5) is 29.5. The van der Waals surface area contributed by atoms with Gasteiger partial charge < -0.3 is 59.4 Å². The third kappa shape index (κ3) is 6.19. The first-order chi connectivity index (χ1) is 25.9. The van der Waals surface area contributed by atoms with Crippen LogP contribution in [0.5, 0.6) is 0 Å². The van der Waals surface area contributed by atoms with Gasteiger partial charge in [0.25, 0.3) is 0 Å². The fourth-order valence-corrected chi connectivity index (χ4v) is 12.7.